The lowest BCUT2D eigenvalue weighted by Gasteiger charge is -2.14. The number of halogens is 3. The third-order valence-electron chi connectivity index (χ3n) is 2.10. The third kappa shape index (κ3) is 5.01. The zero-order valence-corrected chi connectivity index (χ0v) is 11.5. The molecule has 1 rings (SSSR count). The third-order valence-corrected chi connectivity index (χ3v) is 2.74. The number of hydrogen-bond donors (Lipinski definition) is 2. The molecule has 5 nitrogen and oxygen atoms in total. The van der Waals surface area contributed by atoms with Gasteiger partial charge in [-0.15, -0.1) is 0 Å². The van der Waals surface area contributed by atoms with Gasteiger partial charge in [-0.05, 0) is 12.8 Å². The van der Waals surface area contributed by atoms with Gasteiger partial charge in [0.15, 0.2) is 0 Å². The van der Waals surface area contributed by atoms with E-state index in [9.17, 15) is 18.0 Å². The molecular weight excluding hydrogens is 281 g/mol. The van der Waals surface area contributed by atoms with Gasteiger partial charge < -0.3 is 10.6 Å². The topological polar surface area (TPSA) is 66.9 Å². The van der Waals surface area contributed by atoms with Gasteiger partial charge in [-0.3, -0.25) is 4.79 Å². The molecule has 9 heteroatoms. The minimum atomic E-state index is -4.57. The van der Waals surface area contributed by atoms with Gasteiger partial charge in [0, 0.05) is 18.1 Å². The van der Waals surface area contributed by atoms with E-state index in [1.165, 1.54) is 0 Å². The first-order valence-electron chi connectivity index (χ1n) is 5.65. The molecule has 0 aliphatic heterocycles. The minimum Gasteiger partial charge on any atom is -0.354 e. The fourth-order valence-electron chi connectivity index (χ4n) is 1.11. The number of nitrogens with one attached hydrogen (secondary N) is 2. The molecule has 1 atom stereocenters. The number of aromatic nitrogens is 2. The van der Waals surface area contributed by atoms with Gasteiger partial charge in [0.05, 0.1) is 0 Å². The maximum Gasteiger partial charge on any atom is 0.452 e. The zero-order valence-electron chi connectivity index (χ0n) is 10.7. The Bertz CT molecular complexity index is 433. The molecule has 19 heavy (non-hydrogen) atoms. The van der Waals surface area contributed by atoms with Crippen LogP contribution >= 0.6 is 11.5 Å². The number of alkyl halides is 3. The molecule has 108 valence electrons. The molecule has 2 N–H and O–H groups in total. The standard InChI is InChI=1S/C10H15F3N4OS/c1-5(2)4-14-7(18)6(3)15-9-16-8(17-19-9)10(11,12)13/h5-6H,4H2,1-3H3,(H,14,18)(H,15,16,17). The van der Waals surface area contributed by atoms with Gasteiger partial charge in [0.2, 0.25) is 16.9 Å². The molecule has 0 bridgehead atoms. The van der Waals surface area contributed by atoms with Crippen molar-refractivity contribution in [3.05, 3.63) is 5.82 Å². The first kappa shape index (κ1) is 15.7. The van der Waals surface area contributed by atoms with Crippen molar-refractivity contribution < 1.29 is 18.0 Å². The molecule has 1 unspecified atom stereocenters. The number of rotatable bonds is 5. The minimum absolute atomic E-state index is 0.0282. The molecule has 0 aliphatic carbocycles. The summed E-state index contributed by atoms with van der Waals surface area (Å²) < 4.78 is 40.0. The fourth-order valence-corrected chi connectivity index (χ4v) is 1.78. The highest BCUT2D eigenvalue weighted by Gasteiger charge is 2.36. The first-order valence-corrected chi connectivity index (χ1v) is 6.42. The fraction of sp³-hybridized carbons (Fsp3) is 0.700. The molecule has 0 aromatic carbocycles. The molecule has 0 fully saturated rings. The summed E-state index contributed by atoms with van der Waals surface area (Å²) in [4.78, 5) is 14.9. The number of hydrogen-bond acceptors (Lipinski definition) is 5. The summed E-state index contributed by atoms with van der Waals surface area (Å²) >= 11 is 0.574. The van der Waals surface area contributed by atoms with E-state index in [1.54, 1.807) is 6.92 Å². The van der Waals surface area contributed by atoms with Crippen LogP contribution in [-0.4, -0.2) is 27.9 Å². The molecule has 1 heterocycles. The van der Waals surface area contributed by atoms with E-state index < -0.39 is 18.0 Å². The van der Waals surface area contributed by atoms with E-state index in [0.29, 0.717) is 24.0 Å². The Balaban J connectivity index is 2.55. The van der Waals surface area contributed by atoms with Crippen LogP contribution in [0.25, 0.3) is 0 Å². The molecule has 0 radical (unpaired) electrons. The summed E-state index contributed by atoms with van der Waals surface area (Å²) in [6.07, 6.45) is -4.57. The number of amides is 1. The van der Waals surface area contributed by atoms with Crippen molar-refractivity contribution in [2.75, 3.05) is 11.9 Å². The maximum absolute atomic E-state index is 12.3. The SMILES string of the molecule is CC(C)CNC(=O)C(C)Nc1nc(C(F)(F)F)ns1. The summed E-state index contributed by atoms with van der Waals surface area (Å²) in [6.45, 7) is 5.94. The number of anilines is 1. The number of carbonyl (C=O) groups excluding carboxylic acids is 1. The van der Waals surface area contributed by atoms with Crippen LogP contribution in [0.3, 0.4) is 0 Å². The lowest BCUT2D eigenvalue weighted by molar-refractivity contribution is -0.144. The second-order valence-corrected chi connectivity index (χ2v) is 5.18. The van der Waals surface area contributed by atoms with Gasteiger partial charge in [-0.1, -0.05) is 13.8 Å². The monoisotopic (exact) mass is 296 g/mol. The lowest BCUT2D eigenvalue weighted by Crippen LogP contribution is -2.39. The van der Waals surface area contributed by atoms with E-state index in [-0.39, 0.29) is 11.0 Å². The van der Waals surface area contributed by atoms with E-state index in [2.05, 4.69) is 20.0 Å². The second-order valence-electron chi connectivity index (χ2n) is 4.43. The average molecular weight is 296 g/mol. The zero-order chi connectivity index (χ0) is 14.6. The van der Waals surface area contributed by atoms with Crippen LogP contribution in [-0.2, 0) is 11.0 Å². The Labute approximate surface area is 112 Å². The van der Waals surface area contributed by atoms with Gasteiger partial charge in [0.25, 0.3) is 0 Å². The number of nitrogens with zero attached hydrogens (tertiary/aromatic N) is 2. The van der Waals surface area contributed by atoms with Crippen molar-refractivity contribution in [3.8, 4) is 0 Å². The molecular formula is C10H15F3N4OS. The van der Waals surface area contributed by atoms with E-state index in [4.69, 9.17) is 0 Å². The summed E-state index contributed by atoms with van der Waals surface area (Å²) in [7, 11) is 0. The normalized spacial score (nSPS) is 13.4. The van der Waals surface area contributed by atoms with Crippen molar-refractivity contribution >= 4 is 22.6 Å². The van der Waals surface area contributed by atoms with Gasteiger partial charge in [0.1, 0.15) is 6.04 Å². The van der Waals surface area contributed by atoms with Crippen LogP contribution in [0.5, 0.6) is 0 Å². The quantitative estimate of drug-likeness (QED) is 0.873. The summed E-state index contributed by atoms with van der Waals surface area (Å²) in [6, 6.07) is -0.673. The molecule has 0 aliphatic rings. The summed E-state index contributed by atoms with van der Waals surface area (Å²) in [5, 5.41) is 5.23. The van der Waals surface area contributed by atoms with Gasteiger partial charge in [-0.25, -0.2) is 0 Å². The van der Waals surface area contributed by atoms with Crippen molar-refractivity contribution in [1.82, 2.24) is 14.7 Å². The van der Waals surface area contributed by atoms with Crippen LogP contribution < -0.4 is 10.6 Å². The Morgan fingerprint density at radius 2 is 2.00 bits per heavy atom. The Morgan fingerprint density at radius 1 is 1.37 bits per heavy atom. The van der Waals surface area contributed by atoms with E-state index >= 15 is 0 Å². The smallest absolute Gasteiger partial charge is 0.354 e. The van der Waals surface area contributed by atoms with Crippen molar-refractivity contribution in [3.63, 3.8) is 0 Å². The maximum atomic E-state index is 12.3. The Kier molecular flexibility index (Phi) is 5.10. The van der Waals surface area contributed by atoms with Crippen molar-refractivity contribution in [2.24, 2.45) is 5.92 Å². The highest BCUT2D eigenvalue weighted by atomic mass is 32.1. The molecule has 0 spiro atoms. The molecule has 1 amide bonds. The highest BCUT2D eigenvalue weighted by molar-refractivity contribution is 7.09. The predicted octanol–water partition coefficient (Wildman–Crippen LogP) is 2.13. The Morgan fingerprint density at radius 3 is 2.47 bits per heavy atom. The van der Waals surface area contributed by atoms with E-state index in [0.717, 1.165) is 0 Å². The van der Waals surface area contributed by atoms with Gasteiger partial charge in [-0.2, -0.15) is 22.5 Å². The summed E-state index contributed by atoms with van der Waals surface area (Å²) in [5.41, 5.74) is 0. The molecule has 1 aromatic heterocycles. The van der Waals surface area contributed by atoms with Crippen molar-refractivity contribution in [2.45, 2.75) is 33.0 Å². The first-order chi connectivity index (χ1) is 8.70. The lowest BCUT2D eigenvalue weighted by atomic mass is 10.2. The molecule has 0 saturated heterocycles. The predicted molar refractivity (Wildman–Crippen MR) is 65.8 cm³/mol. The van der Waals surface area contributed by atoms with Crippen LogP contribution in [0.15, 0.2) is 0 Å². The van der Waals surface area contributed by atoms with E-state index in [1.807, 2.05) is 13.8 Å². The van der Waals surface area contributed by atoms with Crippen LogP contribution in [0.4, 0.5) is 18.3 Å². The summed E-state index contributed by atoms with van der Waals surface area (Å²) in [5.74, 6) is -1.19. The van der Waals surface area contributed by atoms with Gasteiger partial charge >= 0.3 is 6.18 Å². The second kappa shape index (κ2) is 6.18. The molecule has 0 saturated carbocycles. The Hall–Kier alpha value is -1.38. The number of carbonyl (C=O) groups is 1. The average Bonchev–Trinajstić information content (AvgIpc) is 2.73. The van der Waals surface area contributed by atoms with Crippen LogP contribution in [0, 0.1) is 5.92 Å². The largest absolute Gasteiger partial charge is 0.452 e. The van der Waals surface area contributed by atoms with Crippen LogP contribution in [0.1, 0.15) is 26.6 Å². The van der Waals surface area contributed by atoms with Crippen molar-refractivity contribution in [1.29, 1.82) is 0 Å². The molecule has 1 aromatic rings. The highest BCUT2D eigenvalue weighted by Crippen LogP contribution is 2.29. The van der Waals surface area contributed by atoms with Crippen LogP contribution in [0.2, 0.25) is 0 Å².